The predicted octanol–water partition coefficient (Wildman–Crippen LogP) is 2.02. The normalized spacial score (nSPS) is 19.7. The lowest BCUT2D eigenvalue weighted by Gasteiger charge is -2.34. The smallest absolute Gasteiger partial charge is 0.318 e. The predicted molar refractivity (Wildman–Crippen MR) is 72.1 cm³/mol. The second-order valence-electron chi connectivity index (χ2n) is 5.49. The highest BCUT2D eigenvalue weighted by molar-refractivity contribution is 5.78. The molecule has 1 fully saturated rings. The largest absolute Gasteiger partial charge is 0.330 e. The van der Waals surface area contributed by atoms with Crippen molar-refractivity contribution in [3.05, 3.63) is 35.6 Å². The number of nitrogens with two attached hydrogens (primary N) is 1. The van der Waals surface area contributed by atoms with Crippen LogP contribution in [0.2, 0.25) is 0 Å². The Bertz CT molecular complexity index is 476. The second-order valence-corrected chi connectivity index (χ2v) is 5.49. The van der Waals surface area contributed by atoms with Crippen LogP contribution in [0, 0.1) is 5.82 Å². The SMILES string of the molecule is CC(C)(CCN)N1CC(c2ccccc2F)NC1=O. The van der Waals surface area contributed by atoms with Gasteiger partial charge in [-0.2, -0.15) is 0 Å². The van der Waals surface area contributed by atoms with Crippen molar-refractivity contribution < 1.29 is 9.18 Å². The first-order valence-electron chi connectivity index (χ1n) is 6.48. The van der Waals surface area contributed by atoms with Gasteiger partial charge in [0.2, 0.25) is 0 Å². The number of nitrogens with zero attached hydrogens (tertiary/aromatic N) is 1. The van der Waals surface area contributed by atoms with Crippen molar-refractivity contribution in [3.8, 4) is 0 Å². The van der Waals surface area contributed by atoms with Gasteiger partial charge in [-0.15, -0.1) is 0 Å². The molecule has 1 aromatic carbocycles. The summed E-state index contributed by atoms with van der Waals surface area (Å²) in [5.74, 6) is -0.286. The molecule has 104 valence electrons. The summed E-state index contributed by atoms with van der Waals surface area (Å²) < 4.78 is 13.8. The molecule has 0 saturated carbocycles. The number of urea groups is 1. The summed E-state index contributed by atoms with van der Waals surface area (Å²) in [5.41, 5.74) is 5.79. The molecule has 0 bridgehead atoms. The van der Waals surface area contributed by atoms with Crippen LogP contribution in [0.1, 0.15) is 31.9 Å². The van der Waals surface area contributed by atoms with Gasteiger partial charge >= 0.3 is 6.03 Å². The number of benzene rings is 1. The quantitative estimate of drug-likeness (QED) is 0.875. The van der Waals surface area contributed by atoms with E-state index in [1.807, 2.05) is 13.8 Å². The third-order valence-corrected chi connectivity index (χ3v) is 3.68. The fraction of sp³-hybridized carbons (Fsp3) is 0.500. The van der Waals surface area contributed by atoms with E-state index in [0.717, 1.165) is 0 Å². The number of hydrogen-bond acceptors (Lipinski definition) is 2. The van der Waals surface area contributed by atoms with Gasteiger partial charge in [0.15, 0.2) is 0 Å². The average Bonchev–Trinajstić information content (AvgIpc) is 2.72. The molecular weight excluding hydrogens is 245 g/mol. The summed E-state index contributed by atoms with van der Waals surface area (Å²) >= 11 is 0. The standard InChI is InChI=1S/C14H20FN3O/c1-14(2,7-8-16)18-9-12(17-13(18)19)10-5-3-4-6-11(10)15/h3-6,12H,7-9,16H2,1-2H3,(H,17,19). The Hall–Kier alpha value is -1.62. The molecule has 1 aromatic rings. The molecule has 19 heavy (non-hydrogen) atoms. The van der Waals surface area contributed by atoms with Gasteiger partial charge in [-0.3, -0.25) is 0 Å². The van der Waals surface area contributed by atoms with Gasteiger partial charge in [0.05, 0.1) is 6.04 Å². The van der Waals surface area contributed by atoms with E-state index in [1.165, 1.54) is 6.07 Å². The summed E-state index contributed by atoms with van der Waals surface area (Å²) in [5, 5.41) is 2.83. The number of hydrogen-bond donors (Lipinski definition) is 2. The number of nitrogens with one attached hydrogen (secondary N) is 1. The van der Waals surface area contributed by atoms with Gasteiger partial charge in [0, 0.05) is 17.6 Å². The summed E-state index contributed by atoms with van der Waals surface area (Å²) in [6, 6.07) is 6.08. The van der Waals surface area contributed by atoms with Crippen molar-refractivity contribution in [1.29, 1.82) is 0 Å². The molecule has 1 aliphatic heterocycles. The highest BCUT2D eigenvalue weighted by Gasteiger charge is 2.39. The molecule has 0 aromatic heterocycles. The van der Waals surface area contributed by atoms with Crippen molar-refractivity contribution in [2.45, 2.75) is 31.8 Å². The van der Waals surface area contributed by atoms with E-state index in [0.29, 0.717) is 25.1 Å². The number of amides is 2. The lowest BCUT2D eigenvalue weighted by Crippen LogP contribution is -2.46. The maximum absolute atomic E-state index is 13.8. The third kappa shape index (κ3) is 2.71. The van der Waals surface area contributed by atoms with Gasteiger partial charge < -0.3 is 16.0 Å². The molecule has 1 aliphatic rings. The average molecular weight is 265 g/mol. The minimum atomic E-state index is -0.321. The van der Waals surface area contributed by atoms with Crippen LogP contribution in [0.3, 0.4) is 0 Å². The van der Waals surface area contributed by atoms with Crippen LogP contribution in [-0.4, -0.2) is 29.6 Å². The van der Waals surface area contributed by atoms with Crippen molar-refractivity contribution in [2.75, 3.05) is 13.1 Å². The fourth-order valence-corrected chi connectivity index (χ4v) is 2.48. The lowest BCUT2D eigenvalue weighted by atomic mass is 9.98. The number of carbonyl (C=O) groups is 1. The maximum atomic E-state index is 13.8. The molecule has 0 spiro atoms. The van der Waals surface area contributed by atoms with Crippen molar-refractivity contribution in [2.24, 2.45) is 5.73 Å². The van der Waals surface area contributed by atoms with Crippen molar-refractivity contribution in [3.63, 3.8) is 0 Å². The summed E-state index contributed by atoms with van der Waals surface area (Å²) in [6.07, 6.45) is 0.713. The monoisotopic (exact) mass is 265 g/mol. The minimum absolute atomic E-state index is 0.160. The van der Waals surface area contributed by atoms with Crippen LogP contribution in [0.4, 0.5) is 9.18 Å². The summed E-state index contributed by atoms with van der Waals surface area (Å²) in [7, 11) is 0. The maximum Gasteiger partial charge on any atom is 0.318 e. The fourth-order valence-electron chi connectivity index (χ4n) is 2.48. The van der Waals surface area contributed by atoms with Gasteiger partial charge in [-0.1, -0.05) is 18.2 Å². The first kappa shape index (κ1) is 13.8. The highest BCUT2D eigenvalue weighted by Crippen LogP contribution is 2.29. The second kappa shape index (κ2) is 5.17. The van der Waals surface area contributed by atoms with Crippen LogP contribution >= 0.6 is 0 Å². The highest BCUT2D eigenvalue weighted by atomic mass is 19.1. The molecule has 2 rings (SSSR count). The van der Waals surface area contributed by atoms with E-state index in [1.54, 1.807) is 23.1 Å². The Morgan fingerprint density at radius 2 is 2.16 bits per heavy atom. The third-order valence-electron chi connectivity index (χ3n) is 3.68. The van der Waals surface area contributed by atoms with E-state index in [2.05, 4.69) is 5.32 Å². The van der Waals surface area contributed by atoms with Crippen LogP contribution < -0.4 is 11.1 Å². The van der Waals surface area contributed by atoms with Crippen LogP contribution in [0.15, 0.2) is 24.3 Å². The number of halogens is 1. The summed E-state index contributed by atoms with van der Waals surface area (Å²) in [6.45, 7) is 4.93. The van der Waals surface area contributed by atoms with E-state index in [9.17, 15) is 9.18 Å². The van der Waals surface area contributed by atoms with Gasteiger partial charge in [-0.25, -0.2) is 9.18 Å². The van der Waals surface area contributed by atoms with E-state index >= 15 is 0 Å². The topological polar surface area (TPSA) is 58.4 Å². The molecule has 0 radical (unpaired) electrons. The van der Waals surface area contributed by atoms with Gasteiger partial charge in [-0.05, 0) is 32.9 Å². The summed E-state index contributed by atoms with van der Waals surface area (Å²) in [4.78, 5) is 13.8. The van der Waals surface area contributed by atoms with Gasteiger partial charge in [0.25, 0.3) is 0 Å². The van der Waals surface area contributed by atoms with Crippen molar-refractivity contribution in [1.82, 2.24) is 10.2 Å². The van der Waals surface area contributed by atoms with E-state index in [-0.39, 0.29) is 23.4 Å². The number of rotatable bonds is 4. The zero-order valence-corrected chi connectivity index (χ0v) is 11.3. The Balaban J connectivity index is 2.18. The molecule has 3 N–H and O–H groups in total. The zero-order chi connectivity index (χ0) is 14.0. The first-order chi connectivity index (χ1) is 8.95. The molecule has 1 saturated heterocycles. The Labute approximate surface area is 112 Å². The molecule has 1 atom stereocenters. The molecule has 2 amide bonds. The number of carbonyl (C=O) groups excluding carboxylic acids is 1. The van der Waals surface area contributed by atoms with Crippen LogP contribution in [0.5, 0.6) is 0 Å². The van der Waals surface area contributed by atoms with E-state index in [4.69, 9.17) is 5.73 Å². The molecule has 5 heteroatoms. The Morgan fingerprint density at radius 3 is 2.79 bits per heavy atom. The van der Waals surface area contributed by atoms with E-state index < -0.39 is 0 Å². The molecule has 1 unspecified atom stereocenters. The molecular formula is C14H20FN3O. The first-order valence-corrected chi connectivity index (χ1v) is 6.48. The molecule has 1 heterocycles. The zero-order valence-electron chi connectivity index (χ0n) is 11.3. The molecule has 4 nitrogen and oxygen atoms in total. The Kier molecular flexibility index (Phi) is 3.75. The van der Waals surface area contributed by atoms with Crippen molar-refractivity contribution >= 4 is 6.03 Å². The van der Waals surface area contributed by atoms with Crippen LogP contribution in [-0.2, 0) is 0 Å². The van der Waals surface area contributed by atoms with Crippen LogP contribution in [0.25, 0.3) is 0 Å². The Morgan fingerprint density at radius 1 is 1.47 bits per heavy atom. The lowest BCUT2D eigenvalue weighted by molar-refractivity contribution is 0.153. The molecule has 0 aliphatic carbocycles. The minimum Gasteiger partial charge on any atom is -0.330 e. The van der Waals surface area contributed by atoms with Gasteiger partial charge in [0.1, 0.15) is 5.82 Å².